The van der Waals surface area contributed by atoms with E-state index in [9.17, 15) is 0 Å². The molecule has 1 nitrogen and oxygen atoms in total. The van der Waals surface area contributed by atoms with Gasteiger partial charge in [0.15, 0.2) is 11.6 Å². The van der Waals surface area contributed by atoms with Gasteiger partial charge >= 0.3 is 0 Å². The predicted octanol–water partition coefficient (Wildman–Crippen LogP) is 12.9. The van der Waals surface area contributed by atoms with Crippen molar-refractivity contribution in [3.05, 3.63) is 102 Å². The van der Waals surface area contributed by atoms with Gasteiger partial charge in [-0.3, -0.25) is 0 Å². The first-order valence-electron chi connectivity index (χ1n) is 17.2. The first-order valence-corrected chi connectivity index (χ1v) is 17.2. The Morgan fingerprint density at radius 3 is 1.77 bits per heavy atom. The second kappa shape index (κ2) is 18.1. The van der Waals surface area contributed by atoms with Crippen molar-refractivity contribution in [2.75, 3.05) is 6.61 Å². The second-order valence-corrected chi connectivity index (χ2v) is 12.5. The molecule has 1 atom stereocenters. The zero-order valence-corrected chi connectivity index (χ0v) is 27.1. The maximum absolute atomic E-state index is 15.5. The first kappa shape index (κ1) is 33.8. The summed E-state index contributed by atoms with van der Waals surface area (Å²) in [7, 11) is 0. The number of unbranched alkanes of at least 4 members (excludes halogenated alkanes) is 11. The summed E-state index contributed by atoms with van der Waals surface area (Å²) in [5.41, 5.74) is 3.76. The highest BCUT2D eigenvalue weighted by Gasteiger charge is 2.30. The molecule has 4 rings (SSSR count). The highest BCUT2D eigenvalue weighted by Crippen LogP contribution is 2.37. The van der Waals surface area contributed by atoms with Crippen molar-refractivity contribution in [1.29, 1.82) is 0 Å². The van der Waals surface area contributed by atoms with E-state index in [4.69, 9.17) is 4.74 Å². The minimum Gasteiger partial charge on any atom is -0.371 e. The molecule has 0 amide bonds. The quantitative estimate of drug-likeness (QED) is 0.125. The Balaban J connectivity index is 1.41. The molecule has 0 saturated carbocycles. The summed E-state index contributed by atoms with van der Waals surface area (Å²) in [5.74, 6) is -1.60. The van der Waals surface area contributed by atoms with Crippen molar-refractivity contribution in [1.82, 2.24) is 0 Å². The predicted molar refractivity (Wildman–Crippen MR) is 184 cm³/mol. The van der Waals surface area contributed by atoms with Crippen LogP contribution in [0.25, 0.3) is 27.8 Å². The maximum Gasteiger partial charge on any atom is 0.167 e. The van der Waals surface area contributed by atoms with Crippen LogP contribution < -0.4 is 0 Å². The molecule has 0 heterocycles. The average molecular weight is 599 g/mol. The number of halogens is 2. The molecule has 0 radical (unpaired) electrons. The lowest BCUT2D eigenvalue weighted by Gasteiger charge is -2.33. The van der Waals surface area contributed by atoms with Gasteiger partial charge in [0.05, 0.1) is 5.60 Å². The van der Waals surface area contributed by atoms with Gasteiger partial charge in [-0.05, 0) is 41.5 Å². The molecular formula is C41H52F2O. The number of benzene rings is 3. The van der Waals surface area contributed by atoms with E-state index < -0.39 is 11.6 Å². The summed E-state index contributed by atoms with van der Waals surface area (Å²) in [6, 6.07) is 21.1. The maximum atomic E-state index is 15.5. The van der Waals surface area contributed by atoms with Gasteiger partial charge in [0, 0.05) is 17.7 Å². The molecule has 236 valence electrons. The molecular weight excluding hydrogens is 546 g/mol. The van der Waals surface area contributed by atoms with Gasteiger partial charge in [-0.15, -0.1) is 0 Å². The Morgan fingerprint density at radius 2 is 1.14 bits per heavy atom. The molecule has 44 heavy (non-hydrogen) atoms. The third-order valence-electron chi connectivity index (χ3n) is 9.02. The van der Waals surface area contributed by atoms with Gasteiger partial charge in [-0.1, -0.05) is 176 Å². The lowest BCUT2D eigenvalue weighted by Crippen LogP contribution is -2.31. The molecule has 1 unspecified atom stereocenters. The fourth-order valence-electron chi connectivity index (χ4n) is 6.23. The molecule has 1 aliphatic carbocycles. The summed E-state index contributed by atoms with van der Waals surface area (Å²) in [5, 5.41) is 0. The van der Waals surface area contributed by atoms with E-state index in [-0.39, 0.29) is 11.2 Å². The van der Waals surface area contributed by atoms with E-state index >= 15 is 8.78 Å². The lowest BCUT2D eigenvalue weighted by atomic mass is 9.84. The Kier molecular flexibility index (Phi) is 13.9. The van der Waals surface area contributed by atoms with Gasteiger partial charge < -0.3 is 4.74 Å². The molecule has 0 aliphatic heterocycles. The molecule has 0 saturated heterocycles. The first-order chi connectivity index (χ1) is 21.6. The average Bonchev–Trinajstić information content (AvgIpc) is 3.06. The van der Waals surface area contributed by atoms with Crippen molar-refractivity contribution >= 4 is 5.57 Å². The normalized spacial score (nSPS) is 16.3. The number of allylic oxidation sites excluding steroid dienone is 2. The van der Waals surface area contributed by atoms with Gasteiger partial charge in [0.2, 0.25) is 0 Å². The van der Waals surface area contributed by atoms with Gasteiger partial charge in [-0.2, -0.15) is 0 Å². The summed E-state index contributed by atoms with van der Waals surface area (Å²) >= 11 is 0. The third-order valence-corrected chi connectivity index (χ3v) is 9.02. The Labute approximate surface area is 265 Å². The summed E-state index contributed by atoms with van der Waals surface area (Å²) < 4.78 is 37.6. The fraction of sp³-hybridized carbons (Fsp3) is 0.463. The fourth-order valence-corrected chi connectivity index (χ4v) is 6.23. The van der Waals surface area contributed by atoms with Crippen LogP contribution in [0.15, 0.2) is 85.0 Å². The molecule has 0 aromatic heterocycles. The number of hydrogen-bond acceptors (Lipinski definition) is 1. The van der Waals surface area contributed by atoms with Crippen molar-refractivity contribution in [3.8, 4) is 22.3 Å². The van der Waals surface area contributed by atoms with Crippen LogP contribution in [0, 0.1) is 11.6 Å². The van der Waals surface area contributed by atoms with Crippen LogP contribution in [0.5, 0.6) is 0 Å². The molecule has 0 bridgehead atoms. The molecule has 0 N–H and O–H groups in total. The SMILES string of the molecule is CCCCCCCCCCC1(OCCCCCCC)C=CC(c2ccc(-c3ccc(-c4ccccc4)cc3)c(F)c2F)=CC1. The highest BCUT2D eigenvalue weighted by atomic mass is 19.2. The molecule has 0 spiro atoms. The third kappa shape index (κ3) is 9.73. The number of ether oxygens (including phenoxy) is 1. The molecule has 1 aliphatic rings. The van der Waals surface area contributed by atoms with Crippen molar-refractivity contribution in [2.45, 2.75) is 116 Å². The van der Waals surface area contributed by atoms with Gasteiger partial charge in [0.25, 0.3) is 0 Å². The molecule has 0 fully saturated rings. The molecule has 3 aromatic carbocycles. The number of hydrogen-bond donors (Lipinski definition) is 0. The van der Waals surface area contributed by atoms with E-state index in [0.29, 0.717) is 17.5 Å². The Morgan fingerprint density at radius 1 is 0.591 bits per heavy atom. The zero-order chi connectivity index (χ0) is 31.0. The minimum absolute atomic E-state index is 0.279. The largest absolute Gasteiger partial charge is 0.371 e. The smallest absolute Gasteiger partial charge is 0.167 e. The van der Waals surface area contributed by atoms with Crippen LogP contribution in [-0.2, 0) is 4.74 Å². The van der Waals surface area contributed by atoms with Crippen molar-refractivity contribution in [3.63, 3.8) is 0 Å². The minimum atomic E-state index is -0.802. The van der Waals surface area contributed by atoms with Crippen LogP contribution in [0.2, 0.25) is 0 Å². The Hall–Kier alpha value is -3.04. The second-order valence-electron chi connectivity index (χ2n) is 12.5. The summed E-state index contributed by atoms with van der Waals surface area (Å²) in [4.78, 5) is 0. The molecule has 3 heteroatoms. The standard InChI is InChI=1S/C41H52F2O/c1-3-5-7-9-10-11-12-17-29-41(44-32-18-13-8-6-4-2)30-27-36(28-31-41)38-26-25-37(39(42)40(38)43)35-23-21-34(22-24-35)33-19-15-14-16-20-33/h14-16,19-28,30H,3-13,17-18,29,31-32H2,1-2H3. The van der Waals surface area contributed by atoms with E-state index in [1.165, 1.54) is 70.6 Å². The van der Waals surface area contributed by atoms with E-state index in [2.05, 4.69) is 19.9 Å². The van der Waals surface area contributed by atoms with Gasteiger partial charge in [-0.25, -0.2) is 8.78 Å². The topological polar surface area (TPSA) is 9.23 Å². The number of rotatable bonds is 19. The van der Waals surface area contributed by atoms with Gasteiger partial charge in [0.1, 0.15) is 0 Å². The zero-order valence-electron chi connectivity index (χ0n) is 27.1. The van der Waals surface area contributed by atoms with E-state index in [1.807, 2.05) is 66.7 Å². The summed E-state index contributed by atoms with van der Waals surface area (Å²) in [6.45, 7) is 5.24. The van der Waals surface area contributed by atoms with Crippen molar-refractivity contribution < 1.29 is 13.5 Å². The van der Waals surface area contributed by atoms with Crippen LogP contribution >= 0.6 is 0 Å². The molecule has 3 aromatic rings. The van der Waals surface area contributed by atoms with Crippen LogP contribution in [-0.4, -0.2) is 12.2 Å². The highest BCUT2D eigenvalue weighted by molar-refractivity contribution is 5.78. The monoisotopic (exact) mass is 598 g/mol. The van der Waals surface area contributed by atoms with Crippen LogP contribution in [0.3, 0.4) is 0 Å². The van der Waals surface area contributed by atoms with Crippen LogP contribution in [0.1, 0.15) is 116 Å². The van der Waals surface area contributed by atoms with E-state index in [1.54, 1.807) is 12.1 Å². The van der Waals surface area contributed by atoms with E-state index in [0.717, 1.165) is 42.6 Å². The summed E-state index contributed by atoms with van der Waals surface area (Å²) in [6.07, 6.45) is 24.0. The Bertz CT molecular complexity index is 1320. The van der Waals surface area contributed by atoms with Crippen molar-refractivity contribution in [2.24, 2.45) is 0 Å². The lowest BCUT2D eigenvalue weighted by molar-refractivity contribution is -0.0165. The van der Waals surface area contributed by atoms with Crippen LogP contribution in [0.4, 0.5) is 8.78 Å².